The summed E-state index contributed by atoms with van der Waals surface area (Å²) in [5.41, 5.74) is 6.36. The van der Waals surface area contributed by atoms with Crippen LogP contribution in [0.3, 0.4) is 0 Å². The average Bonchev–Trinajstić information content (AvgIpc) is 2.15. The van der Waals surface area contributed by atoms with Gasteiger partial charge in [-0.3, -0.25) is 0 Å². The largest absolute Gasteiger partial charge is 0.354 e. The van der Waals surface area contributed by atoms with Gasteiger partial charge in [0.05, 0.1) is 0 Å². The van der Waals surface area contributed by atoms with E-state index in [0.29, 0.717) is 12.5 Å². The van der Waals surface area contributed by atoms with Gasteiger partial charge < -0.3 is 11.1 Å². The van der Waals surface area contributed by atoms with Gasteiger partial charge in [0.1, 0.15) is 0 Å². The maximum atomic E-state index is 5.40. The van der Waals surface area contributed by atoms with E-state index in [2.05, 4.69) is 22.2 Å². The summed E-state index contributed by atoms with van der Waals surface area (Å²) in [7, 11) is 0. The first kappa shape index (κ1) is 8.93. The minimum absolute atomic E-state index is 0.494. The van der Waals surface area contributed by atoms with Crippen LogP contribution in [0.15, 0.2) is 12.4 Å². The number of nitrogens with one attached hydrogen (secondary N) is 1. The molecule has 0 spiro atoms. The van der Waals surface area contributed by atoms with Gasteiger partial charge in [-0.1, -0.05) is 6.92 Å². The Morgan fingerprint density at radius 1 is 1.42 bits per heavy atom. The highest BCUT2D eigenvalue weighted by atomic mass is 15.1. The van der Waals surface area contributed by atoms with Crippen molar-refractivity contribution in [3.8, 4) is 0 Å². The Morgan fingerprint density at radius 3 is 2.58 bits per heavy atom. The molecule has 4 nitrogen and oxygen atoms in total. The molecule has 0 atom stereocenters. The molecule has 3 N–H and O–H groups in total. The Hall–Kier alpha value is -1.16. The standard InChI is InChI=1S/C8H14N4/c1-2-3-10-8-11-5-7(4-9)6-12-8/h5-6H,2-4,9H2,1H3,(H,10,11,12). The first-order valence-corrected chi connectivity index (χ1v) is 4.11. The summed E-state index contributed by atoms with van der Waals surface area (Å²) in [5.74, 6) is 0.675. The van der Waals surface area contributed by atoms with Crippen molar-refractivity contribution in [3.05, 3.63) is 18.0 Å². The molecule has 0 aliphatic heterocycles. The van der Waals surface area contributed by atoms with Gasteiger partial charge in [-0.15, -0.1) is 0 Å². The van der Waals surface area contributed by atoms with Crippen molar-refractivity contribution in [2.75, 3.05) is 11.9 Å². The molecule has 0 radical (unpaired) electrons. The fourth-order valence-corrected chi connectivity index (χ4v) is 0.788. The molecule has 0 bridgehead atoms. The number of nitrogens with zero attached hydrogens (tertiary/aromatic N) is 2. The van der Waals surface area contributed by atoms with Crippen LogP contribution in [-0.2, 0) is 6.54 Å². The van der Waals surface area contributed by atoms with E-state index in [1.54, 1.807) is 12.4 Å². The molecule has 0 fully saturated rings. The van der Waals surface area contributed by atoms with Gasteiger partial charge in [0, 0.05) is 31.0 Å². The van der Waals surface area contributed by atoms with Gasteiger partial charge in [-0.25, -0.2) is 9.97 Å². The number of rotatable bonds is 4. The normalized spacial score (nSPS) is 9.83. The Balaban J connectivity index is 2.53. The maximum absolute atomic E-state index is 5.40. The number of anilines is 1. The predicted octanol–water partition coefficient (Wildman–Crippen LogP) is 0.757. The van der Waals surface area contributed by atoms with Crippen molar-refractivity contribution in [2.45, 2.75) is 19.9 Å². The third kappa shape index (κ3) is 2.47. The zero-order chi connectivity index (χ0) is 8.81. The van der Waals surface area contributed by atoms with Crippen LogP contribution in [0.4, 0.5) is 5.95 Å². The third-order valence-corrected chi connectivity index (χ3v) is 1.47. The number of aromatic nitrogens is 2. The molecule has 0 unspecified atom stereocenters. The lowest BCUT2D eigenvalue weighted by molar-refractivity contribution is 0.939. The molecule has 66 valence electrons. The summed E-state index contributed by atoms with van der Waals surface area (Å²) in [6, 6.07) is 0. The topological polar surface area (TPSA) is 63.8 Å². The van der Waals surface area contributed by atoms with Gasteiger partial charge in [0.2, 0.25) is 5.95 Å². The fraction of sp³-hybridized carbons (Fsp3) is 0.500. The number of nitrogens with two attached hydrogens (primary N) is 1. The van der Waals surface area contributed by atoms with Gasteiger partial charge in [0.25, 0.3) is 0 Å². The zero-order valence-corrected chi connectivity index (χ0v) is 7.25. The van der Waals surface area contributed by atoms with Crippen molar-refractivity contribution >= 4 is 5.95 Å². The molecule has 1 rings (SSSR count). The summed E-state index contributed by atoms with van der Waals surface area (Å²) < 4.78 is 0. The Labute approximate surface area is 72.2 Å². The lowest BCUT2D eigenvalue weighted by Crippen LogP contribution is -2.05. The minimum atomic E-state index is 0.494. The molecule has 0 aromatic carbocycles. The van der Waals surface area contributed by atoms with Crippen LogP contribution >= 0.6 is 0 Å². The molecule has 0 saturated heterocycles. The molecule has 1 aromatic heterocycles. The number of hydrogen-bond donors (Lipinski definition) is 2. The molecule has 0 saturated carbocycles. The summed E-state index contributed by atoms with van der Waals surface area (Å²) >= 11 is 0. The van der Waals surface area contributed by atoms with E-state index in [-0.39, 0.29) is 0 Å². The Bertz CT molecular complexity index is 219. The highest BCUT2D eigenvalue weighted by Gasteiger charge is 1.93. The van der Waals surface area contributed by atoms with Crippen molar-refractivity contribution in [1.82, 2.24) is 9.97 Å². The molecule has 0 aliphatic rings. The summed E-state index contributed by atoms with van der Waals surface area (Å²) in [6.45, 7) is 3.50. The number of hydrogen-bond acceptors (Lipinski definition) is 4. The maximum Gasteiger partial charge on any atom is 0.222 e. The van der Waals surface area contributed by atoms with Crippen LogP contribution in [0.5, 0.6) is 0 Å². The molecular weight excluding hydrogens is 152 g/mol. The quantitative estimate of drug-likeness (QED) is 0.693. The summed E-state index contributed by atoms with van der Waals surface area (Å²) in [5, 5.41) is 3.08. The van der Waals surface area contributed by atoms with Crippen LogP contribution in [-0.4, -0.2) is 16.5 Å². The monoisotopic (exact) mass is 166 g/mol. The van der Waals surface area contributed by atoms with Gasteiger partial charge in [-0.2, -0.15) is 0 Å². The average molecular weight is 166 g/mol. The molecule has 1 aromatic rings. The molecule has 12 heavy (non-hydrogen) atoms. The van der Waals surface area contributed by atoms with E-state index in [1.807, 2.05) is 0 Å². The highest BCUT2D eigenvalue weighted by molar-refractivity contribution is 5.24. The third-order valence-electron chi connectivity index (χ3n) is 1.47. The second-order valence-electron chi connectivity index (χ2n) is 2.55. The highest BCUT2D eigenvalue weighted by Crippen LogP contribution is 1.98. The van der Waals surface area contributed by atoms with Gasteiger partial charge in [0.15, 0.2) is 0 Å². The van der Waals surface area contributed by atoms with Crippen molar-refractivity contribution < 1.29 is 0 Å². The zero-order valence-electron chi connectivity index (χ0n) is 7.25. The minimum Gasteiger partial charge on any atom is -0.354 e. The van der Waals surface area contributed by atoms with Gasteiger partial charge >= 0.3 is 0 Å². The molecule has 0 aliphatic carbocycles. The SMILES string of the molecule is CCCNc1ncc(CN)cn1. The van der Waals surface area contributed by atoms with Crippen molar-refractivity contribution in [3.63, 3.8) is 0 Å². The van der Waals surface area contributed by atoms with E-state index in [4.69, 9.17) is 5.73 Å². The predicted molar refractivity (Wildman–Crippen MR) is 48.7 cm³/mol. The first-order valence-electron chi connectivity index (χ1n) is 4.11. The Morgan fingerprint density at radius 2 is 2.08 bits per heavy atom. The van der Waals surface area contributed by atoms with E-state index < -0.39 is 0 Å². The first-order chi connectivity index (χ1) is 5.86. The second-order valence-corrected chi connectivity index (χ2v) is 2.55. The smallest absolute Gasteiger partial charge is 0.222 e. The van der Waals surface area contributed by atoms with E-state index in [0.717, 1.165) is 18.5 Å². The lowest BCUT2D eigenvalue weighted by Gasteiger charge is -2.01. The summed E-state index contributed by atoms with van der Waals surface area (Å²) in [4.78, 5) is 8.17. The lowest BCUT2D eigenvalue weighted by atomic mass is 10.3. The van der Waals surface area contributed by atoms with Gasteiger partial charge in [-0.05, 0) is 6.42 Å². The van der Waals surface area contributed by atoms with E-state index >= 15 is 0 Å². The molecule has 1 heterocycles. The van der Waals surface area contributed by atoms with Crippen LogP contribution in [0.2, 0.25) is 0 Å². The van der Waals surface area contributed by atoms with E-state index in [9.17, 15) is 0 Å². The van der Waals surface area contributed by atoms with Crippen molar-refractivity contribution in [1.29, 1.82) is 0 Å². The van der Waals surface area contributed by atoms with Crippen LogP contribution in [0.1, 0.15) is 18.9 Å². The van der Waals surface area contributed by atoms with E-state index in [1.165, 1.54) is 0 Å². The summed E-state index contributed by atoms with van der Waals surface area (Å²) in [6.07, 6.45) is 4.55. The van der Waals surface area contributed by atoms with Crippen LogP contribution in [0.25, 0.3) is 0 Å². The fourth-order valence-electron chi connectivity index (χ4n) is 0.788. The second kappa shape index (κ2) is 4.66. The van der Waals surface area contributed by atoms with Crippen LogP contribution in [0, 0.1) is 0 Å². The molecule has 4 heteroatoms. The molecular formula is C8H14N4. The molecule has 0 amide bonds. The van der Waals surface area contributed by atoms with Crippen molar-refractivity contribution in [2.24, 2.45) is 5.73 Å². The Kier molecular flexibility index (Phi) is 3.47. The van der Waals surface area contributed by atoms with Crippen LogP contribution < -0.4 is 11.1 Å².